The number of halogens is 3. The first kappa shape index (κ1) is 25.3. The van der Waals surface area contributed by atoms with E-state index in [0.29, 0.717) is 22.3 Å². The van der Waals surface area contributed by atoms with Gasteiger partial charge in [0.25, 0.3) is 0 Å². The van der Waals surface area contributed by atoms with Crippen LogP contribution in [0.1, 0.15) is 0 Å². The van der Waals surface area contributed by atoms with E-state index in [2.05, 4.69) is 4.18 Å². The van der Waals surface area contributed by atoms with Gasteiger partial charge in [-0.15, -0.1) is 0 Å². The summed E-state index contributed by atoms with van der Waals surface area (Å²) in [6.07, 6.45) is 0. The molecule has 0 radical (unpaired) electrons. The quantitative estimate of drug-likeness (QED) is 0.163. The van der Waals surface area contributed by atoms with E-state index in [1.54, 1.807) is 6.07 Å². The van der Waals surface area contributed by atoms with Gasteiger partial charge in [0, 0.05) is 0 Å². The molecule has 5 aromatic carbocycles. The molecule has 0 spiro atoms. The molecule has 0 saturated carbocycles. The van der Waals surface area contributed by atoms with Crippen LogP contribution in [0.3, 0.4) is 0 Å². The zero-order valence-electron chi connectivity index (χ0n) is 19.9. The second-order valence-corrected chi connectivity index (χ2v) is 10.2. The largest absolute Gasteiger partial charge is 0.534 e. The van der Waals surface area contributed by atoms with Crippen molar-refractivity contribution < 1.29 is 25.8 Å². The lowest BCUT2D eigenvalue weighted by Crippen LogP contribution is -2.28. The minimum atomic E-state index is -5.85. The predicted octanol–water partition coefficient (Wildman–Crippen LogP) is 8.58. The smallest absolute Gasteiger partial charge is 0.376 e. The lowest BCUT2D eigenvalue weighted by atomic mass is 9.94. The van der Waals surface area contributed by atoms with E-state index >= 15 is 0 Å². The first-order chi connectivity index (χ1) is 18.2. The number of benzene rings is 5. The molecule has 7 heteroatoms. The topological polar surface area (TPSA) is 43.4 Å². The Kier molecular flexibility index (Phi) is 6.78. The van der Waals surface area contributed by atoms with Crippen LogP contribution in [0.5, 0.6) is 5.75 Å². The molecule has 190 valence electrons. The molecule has 0 saturated heterocycles. The zero-order chi connectivity index (χ0) is 26.8. The first-order valence-electron chi connectivity index (χ1n) is 11.7. The summed E-state index contributed by atoms with van der Waals surface area (Å²) >= 11 is 0. The van der Waals surface area contributed by atoms with Crippen molar-refractivity contribution in [2.24, 2.45) is 0 Å². The Bertz CT molecular complexity index is 1580. The van der Waals surface area contributed by atoms with Crippen molar-refractivity contribution in [1.29, 1.82) is 0 Å². The molecule has 0 amide bonds. The molecule has 0 aliphatic rings. The number of hydrogen-bond acceptors (Lipinski definition) is 3. The van der Waals surface area contributed by atoms with Crippen molar-refractivity contribution in [3.63, 3.8) is 0 Å². The van der Waals surface area contributed by atoms with Crippen LogP contribution in [0.25, 0.3) is 44.5 Å². The van der Waals surface area contributed by atoms with Gasteiger partial charge in [-0.1, -0.05) is 97.1 Å². The Balaban J connectivity index is 1.64. The van der Waals surface area contributed by atoms with Crippen molar-refractivity contribution >= 4 is 10.1 Å². The molecule has 5 aromatic rings. The van der Waals surface area contributed by atoms with E-state index in [-0.39, 0.29) is 0 Å². The van der Waals surface area contributed by atoms with Gasteiger partial charge < -0.3 is 4.18 Å². The Morgan fingerprint density at radius 3 is 1.18 bits per heavy atom. The number of hydrogen-bond donors (Lipinski definition) is 0. The highest BCUT2D eigenvalue weighted by molar-refractivity contribution is 7.88. The maximum Gasteiger partial charge on any atom is 0.534 e. The predicted molar refractivity (Wildman–Crippen MR) is 144 cm³/mol. The molecule has 3 nitrogen and oxygen atoms in total. The maximum absolute atomic E-state index is 13.1. The van der Waals surface area contributed by atoms with Crippen LogP contribution in [0.2, 0.25) is 0 Å². The van der Waals surface area contributed by atoms with Crippen LogP contribution in [0.15, 0.2) is 127 Å². The fraction of sp³-hybridized carbons (Fsp3) is 0.0323. The molecule has 5 rings (SSSR count). The lowest BCUT2D eigenvalue weighted by molar-refractivity contribution is -0.0500. The van der Waals surface area contributed by atoms with Crippen molar-refractivity contribution in [2.75, 3.05) is 0 Å². The molecule has 0 N–H and O–H groups in total. The molecule has 0 aliphatic heterocycles. The number of rotatable bonds is 6. The molecule has 0 atom stereocenters. The van der Waals surface area contributed by atoms with Gasteiger partial charge in [0.1, 0.15) is 5.75 Å². The molecule has 0 aromatic heterocycles. The van der Waals surface area contributed by atoms with Gasteiger partial charge in [0.2, 0.25) is 0 Å². The third-order valence-corrected chi connectivity index (χ3v) is 6.98. The summed E-state index contributed by atoms with van der Waals surface area (Å²) in [6, 6.07) is 38.7. The first-order valence-corrected chi connectivity index (χ1v) is 13.1. The van der Waals surface area contributed by atoms with E-state index < -0.39 is 21.4 Å². The Hall–Kier alpha value is -4.36. The van der Waals surface area contributed by atoms with Crippen LogP contribution in [0, 0.1) is 0 Å². The third kappa shape index (κ3) is 5.48. The number of alkyl halides is 3. The van der Waals surface area contributed by atoms with Gasteiger partial charge in [0.05, 0.1) is 0 Å². The van der Waals surface area contributed by atoms with Crippen LogP contribution < -0.4 is 4.18 Å². The van der Waals surface area contributed by atoms with Gasteiger partial charge >= 0.3 is 15.6 Å². The van der Waals surface area contributed by atoms with Crippen LogP contribution in [-0.2, 0) is 10.1 Å². The lowest BCUT2D eigenvalue weighted by Gasteiger charge is -2.14. The van der Waals surface area contributed by atoms with Crippen LogP contribution in [0.4, 0.5) is 13.2 Å². The molecular formula is C31H21F3O3S. The summed E-state index contributed by atoms with van der Waals surface area (Å²) in [5, 5.41) is 0. The minimum Gasteiger partial charge on any atom is -0.376 e. The average Bonchev–Trinajstić information content (AvgIpc) is 2.93. The Morgan fingerprint density at radius 2 is 0.789 bits per heavy atom. The molecule has 0 fully saturated rings. The molecular weight excluding hydrogens is 509 g/mol. The summed E-state index contributed by atoms with van der Waals surface area (Å²) < 4.78 is 67.7. The fourth-order valence-corrected chi connectivity index (χ4v) is 4.62. The third-order valence-electron chi connectivity index (χ3n) is 6.00. The van der Waals surface area contributed by atoms with E-state index in [0.717, 1.165) is 22.3 Å². The monoisotopic (exact) mass is 530 g/mol. The van der Waals surface area contributed by atoms with E-state index in [1.807, 2.05) is 109 Å². The second-order valence-electron chi connectivity index (χ2n) is 8.62. The fourth-order valence-electron chi connectivity index (χ4n) is 4.17. The van der Waals surface area contributed by atoms with Gasteiger partial charge in [0.15, 0.2) is 0 Å². The van der Waals surface area contributed by atoms with Crippen molar-refractivity contribution in [2.45, 2.75) is 5.51 Å². The van der Waals surface area contributed by atoms with E-state index in [4.69, 9.17) is 0 Å². The molecule has 0 bridgehead atoms. The molecule has 0 unspecified atom stereocenters. The summed E-state index contributed by atoms with van der Waals surface area (Å²) in [5.74, 6) is -0.426. The van der Waals surface area contributed by atoms with Gasteiger partial charge in [-0.3, -0.25) is 0 Å². The summed E-state index contributed by atoms with van der Waals surface area (Å²) in [4.78, 5) is 0. The van der Waals surface area contributed by atoms with Gasteiger partial charge in [-0.05, 0) is 74.8 Å². The summed E-state index contributed by atoms with van der Waals surface area (Å²) in [6.45, 7) is 0. The highest BCUT2D eigenvalue weighted by Gasteiger charge is 2.48. The molecule has 38 heavy (non-hydrogen) atoms. The summed E-state index contributed by atoms with van der Waals surface area (Å²) in [5.41, 5.74) is 0.618. The second kappa shape index (κ2) is 10.2. The van der Waals surface area contributed by atoms with Crippen LogP contribution in [-0.4, -0.2) is 13.9 Å². The van der Waals surface area contributed by atoms with Crippen molar-refractivity contribution in [3.8, 4) is 50.3 Å². The Morgan fingerprint density at radius 1 is 0.447 bits per heavy atom. The Labute approximate surface area is 218 Å². The summed E-state index contributed by atoms with van der Waals surface area (Å²) in [7, 11) is -5.85. The molecule has 0 aliphatic carbocycles. The van der Waals surface area contributed by atoms with E-state index in [1.165, 1.54) is 12.1 Å². The average molecular weight is 531 g/mol. The zero-order valence-corrected chi connectivity index (χ0v) is 20.7. The van der Waals surface area contributed by atoms with Crippen molar-refractivity contribution in [3.05, 3.63) is 127 Å². The van der Waals surface area contributed by atoms with E-state index in [9.17, 15) is 21.6 Å². The van der Waals surface area contributed by atoms with Crippen molar-refractivity contribution in [1.82, 2.24) is 0 Å². The SMILES string of the molecule is O=S(=O)(Oc1cc(-c2cccc(-c3ccccc3)c2)cc(-c2cccc(-c3ccccc3)c2)c1)C(F)(F)F. The standard InChI is InChI=1S/C31H21F3O3S/c32-31(33,34)38(35,36)37-30-20-28(26-15-7-13-24(17-26)22-9-3-1-4-10-22)19-29(21-30)27-16-8-14-25(18-27)23-11-5-2-6-12-23/h1-21H. The van der Waals surface area contributed by atoms with Gasteiger partial charge in [-0.2, -0.15) is 21.6 Å². The minimum absolute atomic E-state index is 0.426. The normalized spacial score (nSPS) is 11.8. The highest BCUT2D eigenvalue weighted by atomic mass is 32.2. The molecule has 0 heterocycles. The van der Waals surface area contributed by atoms with Crippen LogP contribution >= 0.6 is 0 Å². The highest BCUT2D eigenvalue weighted by Crippen LogP contribution is 2.36. The maximum atomic E-state index is 13.1. The van der Waals surface area contributed by atoms with Gasteiger partial charge in [-0.25, -0.2) is 0 Å².